The van der Waals surface area contributed by atoms with Crippen molar-refractivity contribution in [1.82, 2.24) is 14.9 Å². The summed E-state index contributed by atoms with van der Waals surface area (Å²) in [5.41, 5.74) is 1.94. The molecule has 0 unspecified atom stereocenters. The van der Waals surface area contributed by atoms with Gasteiger partial charge in [-0.3, -0.25) is 4.79 Å². The Balaban J connectivity index is 1.71. The number of pyridine rings is 1. The van der Waals surface area contributed by atoms with E-state index in [0.29, 0.717) is 30.3 Å². The normalized spacial score (nSPS) is 16.4. The van der Waals surface area contributed by atoms with Crippen LogP contribution in [0.15, 0.2) is 16.5 Å². The number of fused-ring (bicyclic) bond motifs is 1. The molecule has 1 saturated heterocycles. The van der Waals surface area contributed by atoms with Crippen molar-refractivity contribution < 1.29 is 9.21 Å². The molecule has 1 aliphatic rings. The molecule has 3 heterocycles. The van der Waals surface area contributed by atoms with E-state index in [-0.39, 0.29) is 11.3 Å². The number of piperazine rings is 1. The minimum absolute atomic E-state index is 0.196. The van der Waals surface area contributed by atoms with Gasteiger partial charge in [-0.05, 0) is 19.1 Å². The van der Waals surface area contributed by atoms with Crippen LogP contribution in [0.25, 0.3) is 11.2 Å². The number of hydrogen-bond acceptors (Lipinski definition) is 5. The van der Waals surface area contributed by atoms with Crippen molar-refractivity contribution in [1.29, 1.82) is 0 Å². The Hall–Kier alpha value is -2.11. The standard InChI is InChI=1S/C16H22N4O2/c1-11-5-6-12-13(17-11)18-15(22-12)20-9-7-19(8-10-20)14(21)16(2,3)4/h5-6H,7-10H2,1-4H3. The van der Waals surface area contributed by atoms with E-state index in [1.807, 2.05) is 44.7 Å². The highest BCUT2D eigenvalue weighted by molar-refractivity contribution is 5.81. The van der Waals surface area contributed by atoms with Crippen molar-refractivity contribution in [2.24, 2.45) is 5.41 Å². The number of carbonyl (C=O) groups excluding carboxylic acids is 1. The van der Waals surface area contributed by atoms with Crippen LogP contribution in [0, 0.1) is 12.3 Å². The number of anilines is 1. The van der Waals surface area contributed by atoms with Gasteiger partial charge in [0.2, 0.25) is 11.6 Å². The van der Waals surface area contributed by atoms with Gasteiger partial charge in [-0.1, -0.05) is 20.8 Å². The largest absolute Gasteiger partial charge is 0.422 e. The molecule has 6 heteroatoms. The van der Waals surface area contributed by atoms with Crippen LogP contribution in [-0.2, 0) is 4.79 Å². The number of aromatic nitrogens is 2. The summed E-state index contributed by atoms with van der Waals surface area (Å²) in [4.78, 5) is 25.1. The van der Waals surface area contributed by atoms with Crippen molar-refractivity contribution in [2.45, 2.75) is 27.7 Å². The molecule has 2 aromatic heterocycles. The zero-order chi connectivity index (χ0) is 15.9. The molecule has 1 aliphatic heterocycles. The van der Waals surface area contributed by atoms with E-state index in [1.54, 1.807) is 0 Å². The first-order valence-electron chi connectivity index (χ1n) is 7.63. The van der Waals surface area contributed by atoms with Crippen LogP contribution in [0.5, 0.6) is 0 Å². The average Bonchev–Trinajstić information content (AvgIpc) is 2.88. The van der Waals surface area contributed by atoms with Crippen molar-refractivity contribution in [3.05, 3.63) is 17.8 Å². The second-order valence-corrected chi connectivity index (χ2v) is 6.80. The van der Waals surface area contributed by atoms with Crippen molar-refractivity contribution in [3.8, 4) is 0 Å². The Bertz CT molecular complexity index is 694. The van der Waals surface area contributed by atoms with Gasteiger partial charge in [-0.25, -0.2) is 4.98 Å². The summed E-state index contributed by atoms with van der Waals surface area (Å²) < 4.78 is 5.77. The zero-order valence-corrected chi connectivity index (χ0v) is 13.6. The fourth-order valence-electron chi connectivity index (χ4n) is 2.61. The lowest BCUT2D eigenvalue weighted by Gasteiger charge is -2.36. The summed E-state index contributed by atoms with van der Waals surface area (Å²) in [7, 11) is 0. The molecule has 118 valence electrons. The highest BCUT2D eigenvalue weighted by atomic mass is 16.4. The third-order valence-corrected chi connectivity index (χ3v) is 3.86. The maximum absolute atomic E-state index is 12.3. The second kappa shape index (κ2) is 5.26. The third-order valence-electron chi connectivity index (χ3n) is 3.86. The molecular weight excluding hydrogens is 280 g/mol. The maximum atomic E-state index is 12.3. The molecule has 1 fully saturated rings. The van der Waals surface area contributed by atoms with Gasteiger partial charge < -0.3 is 14.2 Å². The molecule has 0 atom stereocenters. The average molecular weight is 302 g/mol. The van der Waals surface area contributed by atoms with E-state index in [0.717, 1.165) is 18.8 Å². The number of carbonyl (C=O) groups is 1. The maximum Gasteiger partial charge on any atom is 0.300 e. The van der Waals surface area contributed by atoms with Crippen molar-refractivity contribution in [2.75, 3.05) is 31.1 Å². The van der Waals surface area contributed by atoms with Gasteiger partial charge in [0.15, 0.2) is 5.58 Å². The fourth-order valence-corrected chi connectivity index (χ4v) is 2.61. The number of aryl methyl sites for hydroxylation is 1. The first-order chi connectivity index (χ1) is 10.3. The summed E-state index contributed by atoms with van der Waals surface area (Å²) in [6.07, 6.45) is 0. The summed E-state index contributed by atoms with van der Waals surface area (Å²) in [6.45, 7) is 10.7. The number of hydrogen-bond donors (Lipinski definition) is 0. The van der Waals surface area contributed by atoms with Crippen LogP contribution in [0.2, 0.25) is 0 Å². The molecule has 0 aromatic carbocycles. The lowest BCUT2D eigenvalue weighted by Crippen LogP contribution is -2.51. The molecule has 0 aliphatic carbocycles. The molecule has 3 rings (SSSR count). The number of nitrogens with zero attached hydrogens (tertiary/aromatic N) is 4. The number of oxazole rings is 1. The van der Waals surface area contributed by atoms with E-state index >= 15 is 0 Å². The van der Waals surface area contributed by atoms with Gasteiger partial charge in [-0.15, -0.1) is 0 Å². The molecular formula is C16H22N4O2. The lowest BCUT2D eigenvalue weighted by molar-refractivity contribution is -0.139. The Morgan fingerprint density at radius 2 is 1.82 bits per heavy atom. The quantitative estimate of drug-likeness (QED) is 0.808. The smallest absolute Gasteiger partial charge is 0.300 e. The number of rotatable bonds is 1. The predicted molar refractivity (Wildman–Crippen MR) is 84.8 cm³/mol. The monoisotopic (exact) mass is 302 g/mol. The van der Waals surface area contributed by atoms with Gasteiger partial charge in [0.25, 0.3) is 6.01 Å². The molecule has 1 amide bonds. The second-order valence-electron chi connectivity index (χ2n) is 6.80. The lowest BCUT2D eigenvalue weighted by atomic mass is 9.94. The summed E-state index contributed by atoms with van der Waals surface area (Å²) in [5, 5.41) is 0. The Morgan fingerprint density at radius 3 is 2.45 bits per heavy atom. The van der Waals surface area contributed by atoms with E-state index in [9.17, 15) is 4.79 Å². The Morgan fingerprint density at radius 1 is 1.14 bits per heavy atom. The van der Waals surface area contributed by atoms with Gasteiger partial charge >= 0.3 is 0 Å². The van der Waals surface area contributed by atoms with Crippen LogP contribution in [-0.4, -0.2) is 47.0 Å². The first kappa shape index (κ1) is 14.8. The predicted octanol–water partition coefficient (Wildman–Crippen LogP) is 2.23. The van der Waals surface area contributed by atoms with Crippen LogP contribution in [0.1, 0.15) is 26.5 Å². The van der Waals surface area contributed by atoms with E-state index in [2.05, 4.69) is 14.9 Å². The van der Waals surface area contributed by atoms with Crippen LogP contribution < -0.4 is 4.90 Å². The minimum Gasteiger partial charge on any atom is -0.422 e. The molecule has 0 spiro atoms. The SMILES string of the molecule is Cc1ccc2oc(N3CCN(C(=O)C(C)(C)C)CC3)nc2n1. The van der Waals surface area contributed by atoms with Gasteiger partial charge in [0, 0.05) is 37.3 Å². The van der Waals surface area contributed by atoms with Crippen LogP contribution in [0.4, 0.5) is 6.01 Å². The van der Waals surface area contributed by atoms with E-state index in [1.165, 1.54) is 0 Å². The number of amides is 1. The molecule has 6 nitrogen and oxygen atoms in total. The highest BCUT2D eigenvalue weighted by Gasteiger charge is 2.30. The van der Waals surface area contributed by atoms with Crippen LogP contribution in [0.3, 0.4) is 0 Å². The minimum atomic E-state index is -0.332. The fraction of sp³-hybridized carbons (Fsp3) is 0.562. The first-order valence-corrected chi connectivity index (χ1v) is 7.63. The molecule has 0 bridgehead atoms. The highest BCUT2D eigenvalue weighted by Crippen LogP contribution is 2.23. The molecule has 22 heavy (non-hydrogen) atoms. The van der Waals surface area contributed by atoms with E-state index in [4.69, 9.17) is 4.42 Å². The van der Waals surface area contributed by atoms with Gasteiger partial charge in [-0.2, -0.15) is 4.98 Å². The zero-order valence-electron chi connectivity index (χ0n) is 13.6. The van der Waals surface area contributed by atoms with E-state index < -0.39 is 0 Å². The summed E-state index contributed by atoms with van der Waals surface area (Å²) in [5.74, 6) is 0.196. The third kappa shape index (κ3) is 2.77. The molecule has 0 radical (unpaired) electrons. The topological polar surface area (TPSA) is 62.5 Å². The van der Waals surface area contributed by atoms with Gasteiger partial charge in [0.05, 0.1) is 0 Å². The van der Waals surface area contributed by atoms with Crippen molar-refractivity contribution in [3.63, 3.8) is 0 Å². The molecule has 0 N–H and O–H groups in total. The summed E-state index contributed by atoms with van der Waals surface area (Å²) >= 11 is 0. The molecule has 2 aromatic rings. The molecule has 0 saturated carbocycles. The Kier molecular flexibility index (Phi) is 3.54. The van der Waals surface area contributed by atoms with Gasteiger partial charge in [0.1, 0.15) is 0 Å². The summed E-state index contributed by atoms with van der Waals surface area (Å²) in [6, 6.07) is 4.40. The Labute approximate surface area is 130 Å². The van der Waals surface area contributed by atoms with Crippen molar-refractivity contribution >= 4 is 23.2 Å². The van der Waals surface area contributed by atoms with Crippen LogP contribution >= 0.6 is 0 Å².